The minimum atomic E-state index is -0.417. The first-order valence-corrected chi connectivity index (χ1v) is 12.1. The molecule has 3 aromatic rings. The molecule has 0 radical (unpaired) electrons. The fourth-order valence-electron chi connectivity index (χ4n) is 3.78. The Labute approximate surface area is 197 Å². The van der Waals surface area contributed by atoms with E-state index in [2.05, 4.69) is 27.3 Å². The van der Waals surface area contributed by atoms with E-state index in [4.69, 9.17) is 4.42 Å². The number of thioether (sulfide) groups is 1. The molecular formula is C24H29N5O3S. The number of amides is 1. The summed E-state index contributed by atoms with van der Waals surface area (Å²) in [6, 6.07) is 10.7. The maximum Gasteiger partial charge on any atom is 0.237 e. The number of nitrogens with one attached hydrogen (secondary N) is 1. The van der Waals surface area contributed by atoms with Gasteiger partial charge in [-0.15, -0.1) is 10.2 Å². The third-order valence-corrected chi connectivity index (χ3v) is 6.93. The van der Waals surface area contributed by atoms with Gasteiger partial charge in [0.25, 0.3) is 0 Å². The Bertz CT molecular complexity index is 1100. The summed E-state index contributed by atoms with van der Waals surface area (Å²) in [5, 5.41) is 12.1. The van der Waals surface area contributed by atoms with E-state index < -0.39 is 5.25 Å². The molecule has 0 spiro atoms. The van der Waals surface area contributed by atoms with Crippen molar-refractivity contribution in [3.05, 3.63) is 54.0 Å². The minimum Gasteiger partial charge on any atom is -0.467 e. The number of hydrogen-bond donors (Lipinski definition) is 1. The van der Waals surface area contributed by atoms with Crippen LogP contribution in [0.15, 0.2) is 52.2 Å². The molecule has 1 unspecified atom stereocenters. The lowest BCUT2D eigenvalue weighted by atomic mass is 10.00. The number of Topliss-reactive ketones (excluding diaryl/α,β-unsaturated/α-hetero) is 1. The summed E-state index contributed by atoms with van der Waals surface area (Å²) in [4.78, 5) is 26.8. The summed E-state index contributed by atoms with van der Waals surface area (Å²) < 4.78 is 7.60. The second-order valence-electron chi connectivity index (χ2n) is 8.50. The molecule has 0 aliphatic carbocycles. The van der Waals surface area contributed by atoms with Crippen molar-refractivity contribution >= 4 is 35.1 Å². The zero-order valence-corrected chi connectivity index (χ0v) is 20.0. The largest absolute Gasteiger partial charge is 0.467 e. The monoisotopic (exact) mass is 467 g/mol. The normalized spacial score (nSPS) is 15.4. The maximum absolute atomic E-state index is 12.9. The van der Waals surface area contributed by atoms with Gasteiger partial charge in [-0.3, -0.25) is 14.2 Å². The van der Waals surface area contributed by atoms with Crippen LogP contribution in [0.4, 0.5) is 11.6 Å². The van der Waals surface area contributed by atoms with Gasteiger partial charge in [-0.25, -0.2) is 0 Å². The first kappa shape index (κ1) is 23.1. The molecule has 174 valence electrons. The van der Waals surface area contributed by atoms with Crippen LogP contribution in [0.25, 0.3) is 0 Å². The van der Waals surface area contributed by atoms with Gasteiger partial charge in [-0.2, -0.15) is 0 Å². The third kappa shape index (κ3) is 5.65. The summed E-state index contributed by atoms with van der Waals surface area (Å²) in [7, 11) is 0. The van der Waals surface area contributed by atoms with Crippen LogP contribution < -0.4 is 10.2 Å². The highest BCUT2D eigenvalue weighted by atomic mass is 32.2. The average molecular weight is 468 g/mol. The molecule has 1 aliphatic heterocycles. The lowest BCUT2D eigenvalue weighted by Gasteiger charge is -2.31. The molecule has 9 heteroatoms. The highest BCUT2D eigenvalue weighted by Crippen LogP contribution is 2.29. The van der Waals surface area contributed by atoms with Gasteiger partial charge in [0, 0.05) is 24.3 Å². The van der Waals surface area contributed by atoms with Gasteiger partial charge >= 0.3 is 0 Å². The van der Waals surface area contributed by atoms with Crippen molar-refractivity contribution in [3.8, 4) is 0 Å². The molecule has 3 heterocycles. The minimum absolute atomic E-state index is 0.0424. The Kier molecular flexibility index (Phi) is 7.17. The van der Waals surface area contributed by atoms with Gasteiger partial charge in [0.1, 0.15) is 5.76 Å². The quantitative estimate of drug-likeness (QED) is 0.386. The Balaban J connectivity index is 1.51. The van der Waals surface area contributed by atoms with Gasteiger partial charge in [0.05, 0.1) is 18.1 Å². The molecule has 4 rings (SSSR count). The summed E-state index contributed by atoms with van der Waals surface area (Å²) in [6.45, 7) is 7.99. The van der Waals surface area contributed by atoms with Crippen LogP contribution in [0.2, 0.25) is 0 Å². The summed E-state index contributed by atoms with van der Waals surface area (Å²) in [6.07, 6.45) is 3.89. The number of carbonyl (C=O) groups is 2. The lowest BCUT2D eigenvalue weighted by Crippen LogP contribution is -2.35. The Morgan fingerprint density at radius 2 is 2.00 bits per heavy atom. The number of carbonyl (C=O) groups excluding carboxylic acids is 2. The summed E-state index contributed by atoms with van der Waals surface area (Å²) >= 11 is 1.36. The topological polar surface area (TPSA) is 93.3 Å². The number of furan rings is 1. The van der Waals surface area contributed by atoms with Crippen molar-refractivity contribution in [1.82, 2.24) is 14.8 Å². The second-order valence-corrected chi connectivity index (χ2v) is 9.81. The van der Waals surface area contributed by atoms with Crippen molar-refractivity contribution in [3.63, 3.8) is 0 Å². The van der Waals surface area contributed by atoms with Gasteiger partial charge in [-0.05, 0) is 56.9 Å². The van der Waals surface area contributed by atoms with E-state index in [0.29, 0.717) is 28.9 Å². The number of rotatable bonds is 8. The van der Waals surface area contributed by atoms with Gasteiger partial charge < -0.3 is 14.6 Å². The van der Waals surface area contributed by atoms with E-state index in [-0.39, 0.29) is 11.7 Å². The number of anilines is 2. The summed E-state index contributed by atoms with van der Waals surface area (Å²) in [5.74, 6) is 2.12. The first-order chi connectivity index (χ1) is 15.9. The fourth-order valence-corrected chi connectivity index (χ4v) is 4.62. The number of piperidine rings is 1. The molecule has 1 atom stereocenters. The van der Waals surface area contributed by atoms with Gasteiger partial charge in [0.2, 0.25) is 11.9 Å². The van der Waals surface area contributed by atoms with Crippen molar-refractivity contribution in [1.29, 1.82) is 0 Å². The van der Waals surface area contributed by atoms with Crippen molar-refractivity contribution < 1.29 is 14.0 Å². The van der Waals surface area contributed by atoms with Crippen LogP contribution in [0.3, 0.4) is 0 Å². The van der Waals surface area contributed by atoms with E-state index >= 15 is 0 Å². The molecule has 8 nitrogen and oxygen atoms in total. The molecular weight excluding hydrogens is 438 g/mol. The number of aromatic nitrogens is 3. The molecule has 1 aliphatic rings. The smallest absolute Gasteiger partial charge is 0.237 e. The standard InChI is InChI=1S/C24H29N5O3S/c1-16-9-11-28(12-10-16)23-26-27-24(29(23)15-21-8-5-13-32-21)33-18(3)22(31)25-20-7-4-6-19(14-20)17(2)30/h4-8,13-14,16,18H,9-12,15H2,1-3H3,(H,25,31). The molecule has 1 fully saturated rings. The van der Waals surface area contributed by atoms with Gasteiger partial charge in [-0.1, -0.05) is 30.8 Å². The lowest BCUT2D eigenvalue weighted by molar-refractivity contribution is -0.115. The number of ketones is 1. The molecule has 1 aromatic carbocycles. The molecule has 1 saturated heterocycles. The molecule has 2 aromatic heterocycles. The molecule has 0 bridgehead atoms. The van der Waals surface area contributed by atoms with E-state index in [1.807, 2.05) is 23.6 Å². The van der Waals surface area contributed by atoms with E-state index in [1.165, 1.54) is 18.7 Å². The van der Waals surface area contributed by atoms with Crippen LogP contribution >= 0.6 is 11.8 Å². The number of nitrogens with zero attached hydrogens (tertiary/aromatic N) is 4. The van der Waals surface area contributed by atoms with E-state index in [9.17, 15) is 9.59 Å². The predicted molar refractivity (Wildman–Crippen MR) is 129 cm³/mol. The average Bonchev–Trinajstić information content (AvgIpc) is 3.45. The Morgan fingerprint density at radius 1 is 1.21 bits per heavy atom. The second kappa shape index (κ2) is 10.2. The van der Waals surface area contributed by atoms with Crippen LogP contribution in [0.1, 0.15) is 49.7 Å². The maximum atomic E-state index is 12.9. The number of benzene rings is 1. The van der Waals surface area contributed by atoms with E-state index in [1.54, 1.807) is 30.5 Å². The molecule has 1 amide bonds. The van der Waals surface area contributed by atoms with Crippen LogP contribution in [-0.4, -0.2) is 44.8 Å². The van der Waals surface area contributed by atoms with Crippen molar-refractivity contribution in [2.45, 2.75) is 50.6 Å². The van der Waals surface area contributed by atoms with Gasteiger partial charge in [0.15, 0.2) is 10.9 Å². The zero-order valence-electron chi connectivity index (χ0n) is 19.2. The zero-order chi connectivity index (χ0) is 23.4. The SMILES string of the molecule is CC(=O)c1cccc(NC(=O)C(C)Sc2nnc(N3CCC(C)CC3)n2Cc2ccco2)c1. The van der Waals surface area contributed by atoms with Crippen molar-refractivity contribution in [2.24, 2.45) is 5.92 Å². The third-order valence-electron chi connectivity index (χ3n) is 5.85. The Hall–Kier alpha value is -3.07. The number of hydrogen-bond acceptors (Lipinski definition) is 7. The van der Waals surface area contributed by atoms with Crippen LogP contribution in [0.5, 0.6) is 0 Å². The fraction of sp³-hybridized carbons (Fsp3) is 0.417. The summed E-state index contributed by atoms with van der Waals surface area (Å²) in [5.41, 5.74) is 1.16. The van der Waals surface area contributed by atoms with Crippen LogP contribution in [-0.2, 0) is 11.3 Å². The molecule has 0 saturated carbocycles. The van der Waals surface area contributed by atoms with E-state index in [0.717, 1.165) is 37.6 Å². The van der Waals surface area contributed by atoms with Crippen molar-refractivity contribution in [2.75, 3.05) is 23.3 Å². The highest BCUT2D eigenvalue weighted by molar-refractivity contribution is 8.00. The highest BCUT2D eigenvalue weighted by Gasteiger charge is 2.25. The Morgan fingerprint density at radius 3 is 2.70 bits per heavy atom. The molecule has 1 N–H and O–H groups in total. The first-order valence-electron chi connectivity index (χ1n) is 11.2. The molecule has 33 heavy (non-hydrogen) atoms. The van der Waals surface area contributed by atoms with Crippen LogP contribution in [0, 0.1) is 5.92 Å². The predicted octanol–water partition coefficient (Wildman–Crippen LogP) is 4.48.